The molecule has 0 rings (SSSR count). The number of ketones is 1. The molecule has 0 heterocycles. The summed E-state index contributed by atoms with van der Waals surface area (Å²) in [5.74, 6) is 0.148. The van der Waals surface area contributed by atoms with E-state index in [1.807, 2.05) is 26.0 Å². The maximum absolute atomic E-state index is 10.7. The van der Waals surface area contributed by atoms with Gasteiger partial charge in [-0.15, -0.1) is 0 Å². The molecule has 0 saturated heterocycles. The van der Waals surface area contributed by atoms with Crippen molar-refractivity contribution < 1.29 is 4.79 Å². The monoisotopic (exact) mass is 165 g/mol. The molecule has 0 aromatic carbocycles. The molecule has 0 unspecified atom stereocenters. The molecule has 0 aromatic rings. The van der Waals surface area contributed by atoms with Crippen molar-refractivity contribution in [2.75, 3.05) is 0 Å². The van der Waals surface area contributed by atoms with Gasteiger partial charge in [-0.05, 0) is 19.8 Å². The van der Waals surface area contributed by atoms with E-state index in [4.69, 9.17) is 5.26 Å². The molecule has 0 N–H and O–H groups in total. The van der Waals surface area contributed by atoms with Gasteiger partial charge in [-0.2, -0.15) is 5.26 Å². The number of allylic oxidation sites excluding steroid dienone is 2. The highest BCUT2D eigenvalue weighted by Crippen LogP contribution is 2.16. The van der Waals surface area contributed by atoms with Crippen LogP contribution in [0.3, 0.4) is 0 Å². The van der Waals surface area contributed by atoms with Crippen LogP contribution in [0.2, 0.25) is 0 Å². The molecule has 0 aliphatic carbocycles. The van der Waals surface area contributed by atoms with Crippen LogP contribution in [-0.2, 0) is 4.79 Å². The molecule has 0 saturated carbocycles. The van der Waals surface area contributed by atoms with Crippen molar-refractivity contribution in [3.05, 3.63) is 12.2 Å². The van der Waals surface area contributed by atoms with Gasteiger partial charge >= 0.3 is 0 Å². The first-order chi connectivity index (χ1) is 5.61. The highest BCUT2D eigenvalue weighted by Gasteiger charge is 2.14. The summed E-state index contributed by atoms with van der Waals surface area (Å²) in [6.45, 7) is 5.36. The molecule has 2 nitrogen and oxygen atoms in total. The fraction of sp³-hybridized carbons (Fsp3) is 0.600. The SMILES string of the molecule is C/C=C/[C@@H](C#N)[C@H](C)CC(C)=O. The first kappa shape index (κ1) is 10.9. The Morgan fingerprint density at radius 1 is 1.67 bits per heavy atom. The third-order valence-electron chi connectivity index (χ3n) is 1.77. The molecule has 2 atom stereocenters. The normalized spacial score (nSPS) is 15.5. The van der Waals surface area contributed by atoms with Crippen LogP contribution in [0.25, 0.3) is 0 Å². The number of nitriles is 1. The molecule has 0 aliphatic rings. The molecule has 0 amide bonds. The molecular formula is C10H15NO. The predicted octanol–water partition coefficient (Wildman–Crippen LogP) is 2.32. The van der Waals surface area contributed by atoms with Gasteiger partial charge < -0.3 is 4.79 Å². The average Bonchev–Trinajstić information content (AvgIpc) is 1.98. The number of rotatable bonds is 4. The van der Waals surface area contributed by atoms with Crippen molar-refractivity contribution >= 4 is 5.78 Å². The third kappa shape index (κ3) is 3.92. The zero-order chi connectivity index (χ0) is 9.56. The van der Waals surface area contributed by atoms with Crippen molar-refractivity contribution in [3.8, 4) is 6.07 Å². The molecular weight excluding hydrogens is 150 g/mol. The van der Waals surface area contributed by atoms with Gasteiger partial charge in [0.15, 0.2) is 0 Å². The lowest BCUT2D eigenvalue weighted by Gasteiger charge is -2.11. The second-order valence-corrected chi connectivity index (χ2v) is 3.06. The smallest absolute Gasteiger partial charge is 0.130 e. The summed E-state index contributed by atoms with van der Waals surface area (Å²) in [5, 5.41) is 8.73. The van der Waals surface area contributed by atoms with E-state index < -0.39 is 0 Å². The van der Waals surface area contributed by atoms with E-state index in [-0.39, 0.29) is 17.6 Å². The van der Waals surface area contributed by atoms with E-state index >= 15 is 0 Å². The van der Waals surface area contributed by atoms with Gasteiger partial charge in [-0.3, -0.25) is 0 Å². The lowest BCUT2D eigenvalue weighted by Crippen LogP contribution is -2.10. The molecule has 0 bridgehead atoms. The fourth-order valence-corrected chi connectivity index (χ4v) is 1.15. The highest BCUT2D eigenvalue weighted by molar-refractivity contribution is 5.75. The predicted molar refractivity (Wildman–Crippen MR) is 48.4 cm³/mol. The van der Waals surface area contributed by atoms with Crippen molar-refractivity contribution in [1.29, 1.82) is 5.26 Å². The molecule has 0 spiro atoms. The van der Waals surface area contributed by atoms with Crippen LogP contribution in [0.4, 0.5) is 0 Å². The van der Waals surface area contributed by atoms with Gasteiger partial charge in [0.25, 0.3) is 0 Å². The number of hydrogen-bond acceptors (Lipinski definition) is 2. The Bertz CT molecular complexity index is 212. The molecule has 0 aliphatic heterocycles. The zero-order valence-electron chi connectivity index (χ0n) is 7.87. The van der Waals surface area contributed by atoms with Gasteiger partial charge in [0.1, 0.15) is 5.78 Å². The standard InChI is InChI=1S/C10H15NO/c1-4-5-10(7-11)8(2)6-9(3)12/h4-5,8,10H,6H2,1-3H3/b5-4+/t8-,10+/m1/s1. The first-order valence-electron chi connectivity index (χ1n) is 4.13. The first-order valence-corrected chi connectivity index (χ1v) is 4.13. The summed E-state index contributed by atoms with van der Waals surface area (Å²) in [6, 6.07) is 2.17. The Morgan fingerprint density at radius 3 is 2.58 bits per heavy atom. The summed E-state index contributed by atoms with van der Waals surface area (Å²) in [4.78, 5) is 10.7. The Hall–Kier alpha value is -1.10. The summed E-state index contributed by atoms with van der Waals surface area (Å²) >= 11 is 0. The van der Waals surface area contributed by atoms with Crippen LogP contribution in [0.15, 0.2) is 12.2 Å². The lowest BCUT2D eigenvalue weighted by atomic mass is 9.91. The molecule has 66 valence electrons. The Balaban J connectivity index is 4.14. The molecule has 2 heteroatoms. The summed E-state index contributed by atoms with van der Waals surface area (Å²) < 4.78 is 0. The van der Waals surface area contributed by atoms with E-state index in [0.717, 1.165) is 0 Å². The maximum Gasteiger partial charge on any atom is 0.130 e. The van der Waals surface area contributed by atoms with Crippen LogP contribution in [0.1, 0.15) is 27.2 Å². The largest absolute Gasteiger partial charge is 0.300 e. The van der Waals surface area contributed by atoms with Gasteiger partial charge in [0.05, 0.1) is 12.0 Å². The summed E-state index contributed by atoms with van der Waals surface area (Å²) in [7, 11) is 0. The van der Waals surface area contributed by atoms with E-state index in [2.05, 4.69) is 6.07 Å². The third-order valence-corrected chi connectivity index (χ3v) is 1.77. The Kier molecular flexibility index (Phi) is 5.03. The number of carbonyl (C=O) groups excluding carboxylic acids is 1. The van der Waals surface area contributed by atoms with Crippen LogP contribution < -0.4 is 0 Å². The van der Waals surface area contributed by atoms with Crippen LogP contribution in [-0.4, -0.2) is 5.78 Å². The minimum absolute atomic E-state index is 0.126. The summed E-state index contributed by atoms with van der Waals surface area (Å²) in [6.07, 6.45) is 4.18. The van der Waals surface area contributed by atoms with Crippen molar-refractivity contribution in [3.63, 3.8) is 0 Å². The number of nitrogens with zero attached hydrogens (tertiary/aromatic N) is 1. The fourth-order valence-electron chi connectivity index (χ4n) is 1.15. The minimum atomic E-state index is -0.126. The van der Waals surface area contributed by atoms with E-state index in [1.54, 1.807) is 6.92 Å². The average molecular weight is 165 g/mol. The molecule has 12 heavy (non-hydrogen) atoms. The zero-order valence-corrected chi connectivity index (χ0v) is 7.87. The molecule has 0 fully saturated rings. The number of Topliss-reactive ketones (excluding diaryl/α,β-unsaturated/α-hetero) is 1. The lowest BCUT2D eigenvalue weighted by molar-refractivity contribution is -0.117. The van der Waals surface area contributed by atoms with Gasteiger partial charge in [0, 0.05) is 6.42 Å². The van der Waals surface area contributed by atoms with Crippen molar-refractivity contribution in [2.24, 2.45) is 11.8 Å². The number of hydrogen-bond donors (Lipinski definition) is 0. The van der Waals surface area contributed by atoms with E-state index in [9.17, 15) is 4.79 Å². The maximum atomic E-state index is 10.7. The van der Waals surface area contributed by atoms with Crippen LogP contribution >= 0.6 is 0 Å². The van der Waals surface area contributed by atoms with Gasteiger partial charge in [-0.1, -0.05) is 19.1 Å². The van der Waals surface area contributed by atoms with Crippen molar-refractivity contribution in [1.82, 2.24) is 0 Å². The second kappa shape index (κ2) is 5.54. The highest BCUT2D eigenvalue weighted by atomic mass is 16.1. The molecule has 0 radical (unpaired) electrons. The topological polar surface area (TPSA) is 40.9 Å². The van der Waals surface area contributed by atoms with Gasteiger partial charge in [0.2, 0.25) is 0 Å². The second-order valence-electron chi connectivity index (χ2n) is 3.06. The quantitative estimate of drug-likeness (QED) is 0.600. The summed E-state index contributed by atoms with van der Waals surface area (Å²) in [5.41, 5.74) is 0. The Labute approximate surface area is 73.9 Å². The van der Waals surface area contributed by atoms with Crippen LogP contribution in [0, 0.1) is 23.2 Å². The Morgan fingerprint density at radius 2 is 2.25 bits per heavy atom. The van der Waals surface area contributed by atoms with E-state index in [0.29, 0.717) is 6.42 Å². The van der Waals surface area contributed by atoms with Crippen LogP contribution in [0.5, 0.6) is 0 Å². The molecule has 0 aromatic heterocycles. The minimum Gasteiger partial charge on any atom is -0.300 e. The number of carbonyl (C=O) groups is 1. The van der Waals surface area contributed by atoms with Gasteiger partial charge in [-0.25, -0.2) is 0 Å². The van der Waals surface area contributed by atoms with E-state index in [1.165, 1.54) is 0 Å². The van der Waals surface area contributed by atoms with Crippen molar-refractivity contribution in [2.45, 2.75) is 27.2 Å².